The number of nitrogens with zero attached hydrogens (tertiary/aromatic N) is 1. The van der Waals surface area contributed by atoms with E-state index in [2.05, 4.69) is 5.32 Å². The van der Waals surface area contributed by atoms with E-state index in [0.29, 0.717) is 23.6 Å². The molecule has 1 aromatic heterocycles. The summed E-state index contributed by atoms with van der Waals surface area (Å²) in [5.41, 5.74) is 0.716. The first-order valence-electron chi connectivity index (χ1n) is 5.32. The SMILES string of the molecule is Cl.N#CCNCc1ccc(-c2ccc(F)c(Cl)c2)o1. The van der Waals surface area contributed by atoms with E-state index >= 15 is 0 Å². The third-order valence-electron chi connectivity index (χ3n) is 2.37. The fourth-order valence-electron chi connectivity index (χ4n) is 1.52. The van der Waals surface area contributed by atoms with Gasteiger partial charge in [-0.25, -0.2) is 4.39 Å². The molecule has 6 heteroatoms. The Balaban J connectivity index is 0.00000180. The van der Waals surface area contributed by atoms with E-state index in [0.717, 1.165) is 0 Å². The van der Waals surface area contributed by atoms with Crippen molar-refractivity contribution in [2.24, 2.45) is 0 Å². The number of furan rings is 1. The second kappa shape index (κ2) is 7.15. The molecule has 0 saturated carbocycles. The van der Waals surface area contributed by atoms with Crippen LogP contribution in [0.3, 0.4) is 0 Å². The molecule has 0 aliphatic carbocycles. The van der Waals surface area contributed by atoms with E-state index < -0.39 is 5.82 Å². The highest BCUT2D eigenvalue weighted by Crippen LogP contribution is 2.26. The maximum absolute atomic E-state index is 13.0. The number of hydrogen-bond donors (Lipinski definition) is 1. The average molecular weight is 301 g/mol. The van der Waals surface area contributed by atoms with E-state index in [-0.39, 0.29) is 24.0 Å². The summed E-state index contributed by atoms with van der Waals surface area (Å²) < 4.78 is 18.6. The highest BCUT2D eigenvalue weighted by atomic mass is 35.5. The van der Waals surface area contributed by atoms with Crippen LogP contribution >= 0.6 is 24.0 Å². The molecule has 19 heavy (non-hydrogen) atoms. The Bertz CT molecular complexity index is 593. The van der Waals surface area contributed by atoms with Crippen molar-refractivity contribution in [3.05, 3.63) is 46.9 Å². The number of nitriles is 1. The van der Waals surface area contributed by atoms with Gasteiger partial charge in [0.1, 0.15) is 17.3 Å². The minimum Gasteiger partial charge on any atom is -0.460 e. The quantitative estimate of drug-likeness (QED) is 0.690. The van der Waals surface area contributed by atoms with E-state index in [4.69, 9.17) is 21.3 Å². The average Bonchev–Trinajstić information content (AvgIpc) is 2.82. The van der Waals surface area contributed by atoms with Crippen molar-refractivity contribution in [3.63, 3.8) is 0 Å². The molecule has 0 spiro atoms. The third kappa shape index (κ3) is 3.97. The molecule has 0 amide bonds. The Hall–Kier alpha value is -1.54. The van der Waals surface area contributed by atoms with Gasteiger partial charge in [0.25, 0.3) is 0 Å². The smallest absolute Gasteiger partial charge is 0.141 e. The molecule has 0 aliphatic heterocycles. The summed E-state index contributed by atoms with van der Waals surface area (Å²) >= 11 is 5.71. The number of nitrogens with one attached hydrogen (secondary N) is 1. The summed E-state index contributed by atoms with van der Waals surface area (Å²) in [6, 6.07) is 9.98. The van der Waals surface area contributed by atoms with Gasteiger partial charge in [0.05, 0.1) is 24.2 Å². The van der Waals surface area contributed by atoms with Crippen LogP contribution in [0.25, 0.3) is 11.3 Å². The zero-order valence-electron chi connectivity index (χ0n) is 9.82. The van der Waals surface area contributed by atoms with Gasteiger partial charge < -0.3 is 4.42 Å². The second-order valence-corrected chi connectivity index (χ2v) is 4.06. The molecule has 3 nitrogen and oxygen atoms in total. The first-order valence-corrected chi connectivity index (χ1v) is 5.70. The first-order chi connectivity index (χ1) is 8.70. The fraction of sp³-hybridized carbons (Fsp3) is 0.154. The van der Waals surface area contributed by atoms with Crippen molar-refractivity contribution in [3.8, 4) is 17.4 Å². The zero-order chi connectivity index (χ0) is 13.0. The molecule has 0 radical (unpaired) electrons. The van der Waals surface area contributed by atoms with Crippen molar-refractivity contribution >= 4 is 24.0 Å². The summed E-state index contributed by atoms with van der Waals surface area (Å²) in [6.07, 6.45) is 0. The van der Waals surface area contributed by atoms with E-state index in [1.165, 1.54) is 12.1 Å². The Morgan fingerprint density at radius 3 is 2.79 bits per heavy atom. The van der Waals surface area contributed by atoms with E-state index in [9.17, 15) is 4.39 Å². The molecule has 0 atom stereocenters. The Morgan fingerprint density at radius 2 is 2.11 bits per heavy atom. The lowest BCUT2D eigenvalue weighted by atomic mass is 10.2. The molecular weight excluding hydrogens is 290 g/mol. The predicted octanol–water partition coefficient (Wildman–Crippen LogP) is 3.77. The van der Waals surface area contributed by atoms with Gasteiger partial charge in [0, 0.05) is 5.56 Å². The molecule has 0 bridgehead atoms. The largest absolute Gasteiger partial charge is 0.460 e. The summed E-state index contributed by atoms with van der Waals surface area (Å²) in [4.78, 5) is 0. The third-order valence-corrected chi connectivity index (χ3v) is 2.66. The van der Waals surface area contributed by atoms with Gasteiger partial charge in [-0.05, 0) is 30.3 Å². The zero-order valence-corrected chi connectivity index (χ0v) is 11.4. The van der Waals surface area contributed by atoms with Crippen molar-refractivity contribution in [1.82, 2.24) is 5.32 Å². The van der Waals surface area contributed by atoms with Crippen LogP contribution in [-0.4, -0.2) is 6.54 Å². The van der Waals surface area contributed by atoms with E-state index in [1.54, 1.807) is 18.2 Å². The lowest BCUT2D eigenvalue weighted by molar-refractivity contribution is 0.502. The van der Waals surface area contributed by atoms with Crippen LogP contribution in [0, 0.1) is 17.1 Å². The van der Waals surface area contributed by atoms with Crippen LogP contribution in [0.1, 0.15) is 5.76 Å². The minimum absolute atomic E-state index is 0. The van der Waals surface area contributed by atoms with Crippen LogP contribution in [0.15, 0.2) is 34.7 Å². The molecule has 0 saturated heterocycles. The predicted molar refractivity (Wildman–Crippen MR) is 73.7 cm³/mol. The van der Waals surface area contributed by atoms with Gasteiger partial charge in [0.2, 0.25) is 0 Å². The molecule has 1 N–H and O–H groups in total. The lowest BCUT2D eigenvalue weighted by Crippen LogP contribution is -2.12. The number of rotatable bonds is 4. The number of halogens is 3. The summed E-state index contributed by atoms with van der Waals surface area (Å²) in [5, 5.41) is 11.3. The van der Waals surface area contributed by atoms with Gasteiger partial charge >= 0.3 is 0 Å². The normalized spacial score (nSPS) is 9.74. The van der Waals surface area contributed by atoms with Gasteiger partial charge in [0.15, 0.2) is 0 Å². The maximum Gasteiger partial charge on any atom is 0.141 e. The molecule has 1 aromatic carbocycles. The van der Waals surface area contributed by atoms with Crippen LogP contribution in [0.2, 0.25) is 5.02 Å². The second-order valence-electron chi connectivity index (χ2n) is 3.66. The molecule has 2 rings (SSSR count). The van der Waals surface area contributed by atoms with Crippen LogP contribution in [0.4, 0.5) is 4.39 Å². The monoisotopic (exact) mass is 300 g/mol. The highest BCUT2D eigenvalue weighted by molar-refractivity contribution is 6.31. The topological polar surface area (TPSA) is 49.0 Å². The van der Waals surface area contributed by atoms with E-state index in [1.807, 2.05) is 6.07 Å². The molecule has 0 aliphatic rings. The van der Waals surface area contributed by atoms with Crippen molar-refractivity contribution in [2.75, 3.05) is 6.54 Å². The Kier molecular flexibility index (Phi) is 5.84. The first kappa shape index (κ1) is 15.5. The van der Waals surface area contributed by atoms with Crippen LogP contribution in [0.5, 0.6) is 0 Å². The number of hydrogen-bond acceptors (Lipinski definition) is 3. The standard InChI is InChI=1S/C13H10ClFN2O.ClH/c14-11-7-9(1-3-12(11)15)13-4-2-10(18-13)8-17-6-5-16;/h1-4,7,17H,6,8H2;1H. The molecule has 0 unspecified atom stereocenters. The summed E-state index contributed by atoms with van der Waals surface area (Å²) in [6.45, 7) is 0.737. The molecule has 100 valence electrons. The van der Waals surface area contributed by atoms with Crippen LogP contribution < -0.4 is 5.32 Å². The van der Waals surface area contributed by atoms with Gasteiger partial charge in [-0.2, -0.15) is 5.26 Å². The Morgan fingerprint density at radius 1 is 1.32 bits per heavy atom. The van der Waals surface area contributed by atoms with Gasteiger partial charge in [-0.15, -0.1) is 12.4 Å². The molecule has 2 aromatic rings. The summed E-state index contributed by atoms with van der Waals surface area (Å²) in [5.74, 6) is 0.870. The minimum atomic E-state index is -0.456. The summed E-state index contributed by atoms with van der Waals surface area (Å²) in [7, 11) is 0. The maximum atomic E-state index is 13.0. The molecule has 0 fully saturated rings. The molecular formula is C13H11Cl2FN2O. The van der Waals surface area contributed by atoms with Crippen molar-refractivity contribution < 1.29 is 8.81 Å². The number of benzene rings is 1. The van der Waals surface area contributed by atoms with Crippen LogP contribution in [-0.2, 0) is 6.54 Å². The lowest BCUT2D eigenvalue weighted by Gasteiger charge is -2.00. The van der Waals surface area contributed by atoms with Crippen molar-refractivity contribution in [2.45, 2.75) is 6.54 Å². The highest BCUT2D eigenvalue weighted by Gasteiger charge is 2.07. The Labute approximate surface area is 121 Å². The van der Waals surface area contributed by atoms with Gasteiger partial charge in [-0.3, -0.25) is 5.32 Å². The van der Waals surface area contributed by atoms with Crippen molar-refractivity contribution in [1.29, 1.82) is 5.26 Å². The fourth-order valence-corrected chi connectivity index (χ4v) is 1.70. The molecule has 1 heterocycles. The van der Waals surface area contributed by atoms with Gasteiger partial charge in [-0.1, -0.05) is 11.6 Å².